The van der Waals surface area contributed by atoms with E-state index in [1.54, 1.807) is 18.0 Å². The molecule has 1 unspecified atom stereocenters. The van der Waals surface area contributed by atoms with Crippen LogP contribution < -0.4 is 5.32 Å². The van der Waals surface area contributed by atoms with Crippen LogP contribution in [0.2, 0.25) is 0 Å². The van der Waals surface area contributed by atoms with Crippen molar-refractivity contribution < 1.29 is 5.11 Å². The molecule has 0 fully saturated rings. The molecule has 0 saturated heterocycles. The first kappa shape index (κ1) is 15.1. The predicted octanol–water partition coefficient (Wildman–Crippen LogP) is 3.31. The van der Waals surface area contributed by atoms with Crippen molar-refractivity contribution in [1.82, 2.24) is 9.97 Å². The molecule has 3 rings (SSSR count). The van der Waals surface area contributed by atoms with Crippen molar-refractivity contribution >= 4 is 39.4 Å². The highest BCUT2D eigenvalue weighted by Gasteiger charge is 2.09. The van der Waals surface area contributed by atoms with Crippen LogP contribution in [0.15, 0.2) is 42.6 Å². The number of nitrogens with zero attached hydrogens (tertiary/aromatic N) is 2. The van der Waals surface area contributed by atoms with E-state index in [9.17, 15) is 5.11 Å². The van der Waals surface area contributed by atoms with E-state index >= 15 is 0 Å². The molecular weight excluding hydrogens is 294 g/mol. The number of aliphatic hydroxyl groups excluding tert-OH is 1. The number of pyridine rings is 2. The fourth-order valence-electron chi connectivity index (χ4n) is 2.57. The maximum absolute atomic E-state index is 9.17. The van der Waals surface area contributed by atoms with Crippen molar-refractivity contribution in [3.05, 3.63) is 42.6 Å². The highest BCUT2D eigenvalue weighted by Crippen LogP contribution is 2.23. The monoisotopic (exact) mass is 313 g/mol. The molecule has 0 radical (unpaired) electrons. The average molecular weight is 313 g/mol. The Balaban J connectivity index is 1.99. The van der Waals surface area contributed by atoms with Gasteiger partial charge in [-0.25, -0.2) is 4.98 Å². The fourth-order valence-corrected chi connectivity index (χ4v) is 3.22. The largest absolute Gasteiger partial charge is 0.396 e. The number of hydrogen-bond donors (Lipinski definition) is 2. The van der Waals surface area contributed by atoms with Gasteiger partial charge in [0, 0.05) is 35.4 Å². The van der Waals surface area contributed by atoms with Crippen LogP contribution in [-0.2, 0) is 0 Å². The van der Waals surface area contributed by atoms with Crippen LogP contribution >= 0.6 is 11.8 Å². The van der Waals surface area contributed by atoms with Gasteiger partial charge in [0.1, 0.15) is 5.82 Å². The normalized spacial score (nSPS) is 12.6. The van der Waals surface area contributed by atoms with E-state index in [-0.39, 0.29) is 12.6 Å². The zero-order chi connectivity index (χ0) is 15.4. The van der Waals surface area contributed by atoms with Gasteiger partial charge in [-0.15, -0.1) is 0 Å². The van der Waals surface area contributed by atoms with Gasteiger partial charge in [0.2, 0.25) is 0 Å². The highest BCUT2D eigenvalue weighted by molar-refractivity contribution is 7.98. The van der Waals surface area contributed by atoms with E-state index in [1.807, 2.05) is 18.2 Å². The molecule has 4 nitrogen and oxygen atoms in total. The summed E-state index contributed by atoms with van der Waals surface area (Å²) < 4.78 is 0. The minimum Gasteiger partial charge on any atom is -0.396 e. The Morgan fingerprint density at radius 1 is 1.14 bits per heavy atom. The van der Waals surface area contributed by atoms with E-state index in [4.69, 9.17) is 4.98 Å². The van der Waals surface area contributed by atoms with Gasteiger partial charge in [0.05, 0.1) is 11.0 Å². The number of thioether (sulfide) groups is 1. The summed E-state index contributed by atoms with van der Waals surface area (Å²) in [6, 6.07) is 12.4. The minimum absolute atomic E-state index is 0.177. The third-order valence-corrected chi connectivity index (χ3v) is 4.37. The maximum atomic E-state index is 9.17. The molecular formula is C17H19N3OS. The SMILES string of the molecule is CSCC(CCO)Nc1ccc2ccc3cccnc3c2n1. The van der Waals surface area contributed by atoms with Crippen molar-refractivity contribution in [3.8, 4) is 0 Å². The zero-order valence-corrected chi connectivity index (χ0v) is 13.3. The van der Waals surface area contributed by atoms with Gasteiger partial charge < -0.3 is 10.4 Å². The molecule has 0 bridgehead atoms. The molecule has 1 aromatic carbocycles. The van der Waals surface area contributed by atoms with Gasteiger partial charge in [-0.1, -0.05) is 18.2 Å². The van der Waals surface area contributed by atoms with Gasteiger partial charge in [0.25, 0.3) is 0 Å². The predicted molar refractivity (Wildman–Crippen MR) is 94.5 cm³/mol. The summed E-state index contributed by atoms with van der Waals surface area (Å²) in [6.45, 7) is 0.177. The van der Waals surface area contributed by atoms with Crippen LogP contribution in [0, 0.1) is 0 Å². The second-order valence-corrected chi connectivity index (χ2v) is 6.13. The van der Waals surface area contributed by atoms with Gasteiger partial charge in [0.15, 0.2) is 0 Å². The molecule has 114 valence electrons. The maximum Gasteiger partial charge on any atom is 0.126 e. The standard InChI is InChI=1S/C17H19N3OS/c1-22-11-14(8-10-21)19-15-7-6-13-5-4-12-3-2-9-18-16(12)17(13)20-15/h2-7,9,14,21H,8,10-11H2,1H3,(H,19,20). The van der Waals surface area contributed by atoms with Crippen LogP contribution in [-0.4, -0.2) is 39.7 Å². The summed E-state index contributed by atoms with van der Waals surface area (Å²) in [5.41, 5.74) is 1.84. The Morgan fingerprint density at radius 3 is 2.68 bits per heavy atom. The summed E-state index contributed by atoms with van der Waals surface area (Å²) in [4.78, 5) is 9.21. The van der Waals surface area contributed by atoms with Gasteiger partial charge in [-0.3, -0.25) is 4.98 Å². The fraction of sp³-hybridized carbons (Fsp3) is 0.294. The first-order valence-electron chi connectivity index (χ1n) is 7.32. The Kier molecular flexibility index (Phi) is 4.75. The Hall–Kier alpha value is -1.85. The number of fused-ring (bicyclic) bond motifs is 3. The highest BCUT2D eigenvalue weighted by atomic mass is 32.2. The molecule has 0 aliphatic carbocycles. The van der Waals surface area contributed by atoms with Crippen molar-refractivity contribution in [3.63, 3.8) is 0 Å². The lowest BCUT2D eigenvalue weighted by Crippen LogP contribution is -2.24. The van der Waals surface area contributed by atoms with E-state index in [2.05, 4.69) is 34.8 Å². The van der Waals surface area contributed by atoms with Crippen LogP contribution in [0.3, 0.4) is 0 Å². The van der Waals surface area contributed by atoms with E-state index in [0.717, 1.165) is 33.4 Å². The number of aromatic nitrogens is 2. The van der Waals surface area contributed by atoms with Crippen LogP contribution in [0.4, 0.5) is 5.82 Å². The molecule has 5 heteroatoms. The molecule has 0 saturated carbocycles. The van der Waals surface area contributed by atoms with E-state index in [1.165, 1.54) is 0 Å². The summed E-state index contributed by atoms with van der Waals surface area (Å²) in [5.74, 6) is 1.77. The van der Waals surface area contributed by atoms with Crippen molar-refractivity contribution in [2.75, 3.05) is 23.9 Å². The summed E-state index contributed by atoms with van der Waals surface area (Å²) in [6.07, 6.45) is 4.58. The van der Waals surface area contributed by atoms with Crippen molar-refractivity contribution in [2.24, 2.45) is 0 Å². The molecule has 2 aromatic heterocycles. The number of nitrogens with one attached hydrogen (secondary N) is 1. The third-order valence-electron chi connectivity index (χ3n) is 3.63. The third kappa shape index (κ3) is 3.15. The lowest BCUT2D eigenvalue weighted by atomic mass is 10.1. The second-order valence-electron chi connectivity index (χ2n) is 5.22. The molecule has 2 heterocycles. The molecule has 3 aromatic rings. The van der Waals surface area contributed by atoms with Crippen LogP contribution in [0.5, 0.6) is 0 Å². The van der Waals surface area contributed by atoms with Gasteiger partial charge in [-0.05, 0) is 30.9 Å². The number of benzene rings is 1. The molecule has 0 aliphatic rings. The number of aliphatic hydroxyl groups is 1. The molecule has 2 N–H and O–H groups in total. The Morgan fingerprint density at radius 2 is 1.91 bits per heavy atom. The Bertz CT molecular complexity index is 772. The van der Waals surface area contributed by atoms with E-state index in [0.29, 0.717) is 6.42 Å². The smallest absolute Gasteiger partial charge is 0.126 e. The van der Waals surface area contributed by atoms with Crippen LogP contribution in [0.1, 0.15) is 6.42 Å². The molecule has 0 spiro atoms. The lowest BCUT2D eigenvalue weighted by molar-refractivity contribution is 0.282. The molecule has 0 amide bonds. The summed E-state index contributed by atoms with van der Waals surface area (Å²) in [7, 11) is 0. The van der Waals surface area contributed by atoms with Crippen molar-refractivity contribution in [1.29, 1.82) is 0 Å². The number of hydrogen-bond acceptors (Lipinski definition) is 5. The van der Waals surface area contributed by atoms with Crippen LogP contribution in [0.25, 0.3) is 21.8 Å². The molecule has 1 atom stereocenters. The quantitative estimate of drug-likeness (QED) is 0.684. The van der Waals surface area contributed by atoms with Gasteiger partial charge >= 0.3 is 0 Å². The zero-order valence-electron chi connectivity index (χ0n) is 12.5. The second kappa shape index (κ2) is 6.94. The average Bonchev–Trinajstić information content (AvgIpc) is 2.55. The Labute approximate surface area is 134 Å². The first-order valence-corrected chi connectivity index (χ1v) is 8.72. The van der Waals surface area contributed by atoms with E-state index < -0.39 is 0 Å². The molecule has 0 aliphatic heterocycles. The summed E-state index contributed by atoms with van der Waals surface area (Å²) >= 11 is 1.76. The van der Waals surface area contributed by atoms with Crippen molar-refractivity contribution in [2.45, 2.75) is 12.5 Å². The number of rotatable bonds is 6. The first-order chi connectivity index (χ1) is 10.8. The minimum atomic E-state index is 0.177. The molecule has 22 heavy (non-hydrogen) atoms. The summed E-state index contributed by atoms with van der Waals surface area (Å²) in [5, 5.41) is 14.8. The topological polar surface area (TPSA) is 58.0 Å². The lowest BCUT2D eigenvalue weighted by Gasteiger charge is -2.17. The number of anilines is 1. The van der Waals surface area contributed by atoms with Gasteiger partial charge in [-0.2, -0.15) is 11.8 Å².